The molecule has 0 aliphatic rings. The molecule has 0 saturated heterocycles. The molecule has 23 heavy (non-hydrogen) atoms. The number of hydrogen-bond acceptors (Lipinski definition) is 4. The predicted octanol–water partition coefficient (Wildman–Crippen LogP) is 2.43. The molecular weight excluding hydrogens is 292 g/mol. The molecule has 0 heterocycles. The van der Waals surface area contributed by atoms with Crippen LogP contribution in [0, 0.1) is 0 Å². The lowest BCUT2D eigenvalue weighted by Crippen LogP contribution is -2.33. The van der Waals surface area contributed by atoms with Gasteiger partial charge in [-0.15, -0.1) is 0 Å². The molecule has 5 heteroatoms. The van der Waals surface area contributed by atoms with E-state index in [0.717, 1.165) is 5.56 Å². The van der Waals surface area contributed by atoms with Crippen molar-refractivity contribution >= 4 is 11.9 Å². The average Bonchev–Trinajstić information content (AvgIpc) is 2.43. The summed E-state index contributed by atoms with van der Waals surface area (Å²) in [7, 11) is 1.83. The van der Waals surface area contributed by atoms with E-state index in [1.807, 2.05) is 63.1 Å². The summed E-state index contributed by atoms with van der Waals surface area (Å²) >= 11 is 0. The van der Waals surface area contributed by atoms with Crippen LogP contribution in [0.25, 0.3) is 0 Å². The van der Waals surface area contributed by atoms with Gasteiger partial charge in [0, 0.05) is 24.6 Å². The van der Waals surface area contributed by atoms with Crippen LogP contribution >= 0.6 is 0 Å². The number of ether oxygens (including phenoxy) is 1. The zero-order valence-electron chi connectivity index (χ0n) is 14.3. The number of carbonyl (C=O) groups excluding carboxylic acids is 2. The van der Waals surface area contributed by atoms with Crippen LogP contribution in [0.5, 0.6) is 0 Å². The van der Waals surface area contributed by atoms with Gasteiger partial charge in [-0.2, -0.15) is 0 Å². The van der Waals surface area contributed by atoms with Gasteiger partial charge in [-0.3, -0.25) is 9.69 Å². The Hall–Kier alpha value is -2.14. The first-order valence-electron chi connectivity index (χ1n) is 7.55. The first kappa shape index (κ1) is 18.9. The lowest BCUT2D eigenvalue weighted by molar-refractivity contribution is -0.150. The van der Waals surface area contributed by atoms with Crippen molar-refractivity contribution in [2.75, 3.05) is 13.6 Å². The van der Waals surface area contributed by atoms with Crippen molar-refractivity contribution in [1.29, 1.82) is 0 Å². The molecule has 1 aromatic rings. The van der Waals surface area contributed by atoms with Crippen LogP contribution in [0.4, 0.5) is 0 Å². The van der Waals surface area contributed by atoms with Gasteiger partial charge in [0.05, 0.1) is 0 Å². The SMILES string of the molecule is C=C(CN(C)C(CC(N)=O)c1ccccc1)C(=O)OC(C)(C)C. The molecule has 5 nitrogen and oxygen atoms in total. The zero-order valence-corrected chi connectivity index (χ0v) is 14.3. The van der Waals surface area contributed by atoms with Gasteiger partial charge in [-0.05, 0) is 33.4 Å². The van der Waals surface area contributed by atoms with Crippen molar-refractivity contribution in [3.05, 3.63) is 48.0 Å². The molecule has 2 N–H and O–H groups in total. The van der Waals surface area contributed by atoms with Gasteiger partial charge in [-0.1, -0.05) is 36.9 Å². The van der Waals surface area contributed by atoms with Crippen LogP contribution in [0.15, 0.2) is 42.5 Å². The Bertz CT molecular complexity index is 561. The first-order valence-corrected chi connectivity index (χ1v) is 7.55. The molecule has 0 spiro atoms. The number of benzene rings is 1. The highest BCUT2D eigenvalue weighted by Crippen LogP contribution is 2.23. The number of hydrogen-bond donors (Lipinski definition) is 1. The van der Waals surface area contributed by atoms with E-state index in [9.17, 15) is 9.59 Å². The van der Waals surface area contributed by atoms with E-state index < -0.39 is 17.5 Å². The number of primary amides is 1. The molecule has 1 aromatic carbocycles. The van der Waals surface area contributed by atoms with Crippen LogP contribution in [0.2, 0.25) is 0 Å². The predicted molar refractivity (Wildman–Crippen MR) is 90.6 cm³/mol. The van der Waals surface area contributed by atoms with Gasteiger partial charge in [0.1, 0.15) is 5.60 Å². The van der Waals surface area contributed by atoms with Gasteiger partial charge >= 0.3 is 5.97 Å². The summed E-state index contributed by atoms with van der Waals surface area (Å²) < 4.78 is 5.31. The summed E-state index contributed by atoms with van der Waals surface area (Å²) in [6, 6.07) is 9.36. The van der Waals surface area contributed by atoms with Crippen LogP contribution in [0.1, 0.15) is 38.8 Å². The second kappa shape index (κ2) is 7.92. The first-order chi connectivity index (χ1) is 10.6. The van der Waals surface area contributed by atoms with Crippen LogP contribution < -0.4 is 5.73 Å². The molecule has 1 rings (SSSR count). The maximum atomic E-state index is 12.0. The second-order valence-electron chi connectivity index (χ2n) is 6.62. The number of rotatable bonds is 7. The number of esters is 1. The average molecular weight is 318 g/mol. The lowest BCUT2D eigenvalue weighted by atomic mass is 10.0. The topological polar surface area (TPSA) is 72.6 Å². The third-order valence-electron chi connectivity index (χ3n) is 3.24. The molecule has 0 saturated carbocycles. The monoisotopic (exact) mass is 318 g/mol. The molecule has 1 unspecified atom stereocenters. The molecule has 0 bridgehead atoms. The molecule has 0 radical (unpaired) electrons. The largest absolute Gasteiger partial charge is 0.457 e. The van der Waals surface area contributed by atoms with Crippen molar-refractivity contribution in [2.24, 2.45) is 5.73 Å². The van der Waals surface area contributed by atoms with Crippen molar-refractivity contribution in [3.8, 4) is 0 Å². The van der Waals surface area contributed by atoms with Gasteiger partial charge in [0.2, 0.25) is 5.91 Å². The molecule has 126 valence electrons. The maximum absolute atomic E-state index is 12.0. The Morgan fingerprint density at radius 3 is 2.30 bits per heavy atom. The highest BCUT2D eigenvalue weighted by molar-refractivity contribution is 5.88. The summed E-state index contributed by atoms with van der Waals surface area (Å²) in [6.45, 7) is 9.52. The van der Waals surface area contributed by atoms with E-state index in [-0.39, 0.29) is 12.5 Å². The second-order valence-corrected chi connectivity index (χ2v) is 6.62. The van der Waals surface area contributed by atoms with E-state index in [0.29, 0.717) is 12.1 Å². The summed E-state index contributed by atoms with van der Waals surface area (Å²) in [5.41, 5.74) is 6.10. The number of likely N-dealkylation sites (N-methyl/N-ethyl adjacent to an activating group) is 1. The Morgan fingerprint density at radius 2 is 1.83 bits per heavy atom. The molecule has 0 aliphatic carbocycles. The minimum absolute atomic E-state index is 0.169. The Balaban J connectivity index is 2.82. The van der Waals surface area contributed by atoms with Crippen LogP contribution in [-0.4, -0.2) is 36.0 Å². The summed E-state index contributed by atoms with van der Waals surface area (Å²) in [5.74, 6) is -0.830. The number of amides is 1. The fourth-order valence-corrected chi connectivity index (χ4v) is 2.22. The van der Waals surface area contributed by atoms with E-state index in [1.165, 1.54) is 0 Å². The van der Waals surface area contributed by atoms with Gasteiger partial charge < -0.3 is 10.5 Å². The van der Waals surface area contributed by atoms with E-state index in [1.54, 1.807) is 0 Å². The normalized spacial score (nSPS) is 12.7. The summed E-state index contributed by atoms with van der Waals surface area (Å²) in [5, 5.41) is 0. The third-order valence-corrected chi connectivity index (χ3v) is 3.24. The van der Waals surface area contributed by atoms with Crippen molar-refractivity contribution < 1.29 is 14.3 Å². The van der Waals surface area contributed by atoms with Gasteiger partial charge in [0.25, 0.3) is 0 Å². The highest BCUT2D eigenvalue weighted by atomic mass is 16.6. The fraction of sp³-hybridized carbons (Fsp3) is 0.444. The van der Waals surface area contributed by atoms with Crippen molar-refractivity contribution in [1.82, 2.24) is 4.90 Å². The van der Waals surface area contributed by atoms with Gasteiger partial charge in [-0.25, -0.2) is 4.79 Å². The smallest absolute Gasteiger partial charge is 0.335 e. The zero-order chi connectivity index (χ0) is 17.6. The molecule has 0 fully saturated rings. The third kappa shape index (κ3) is 6.65. The van der Waals surface area contributed by atoms with Gasteiger partial charge in [0.15, 0.2) is 0 Å². The number of nitrogens with zero attached hydrogens (tertiary/aromatic N) is 1. The quantitative estimate of drug-likeness (QED) is 0.619. The Kier molecular flexibility index (Phi) is 6.51. The van der Waals surface area contributed by atoms with Crippen LogP contribution in [-0.2, 0) is 14.3 Å². The number of nitrogens with two attached hydrogens (primary N) is 1. The summed E-state index contributed by atoms with van der Waals surface area (Å²) in [6.07, 6.45) is 0.169. The van der Waals surface area contributed by atoms with E-state index in [2.05, 4.69) is 6.58 Å². The number of carbonyl (C=O) groups is 2. The summed E-state index contributed by atoms with van der Waals surface area (Å²) in [4.78, 5) is 25.3. The van der Waals surface area contributed by atoms with Crippen molar-refractivity contribution in [2.45, 2.75) is 38.8 Å². The maximum Gasteiger partial charge on any atom is 0.335 e. The molecular formula is C18H26N2O3. The Morgan fingerprint density at radius 1 is 1.26 bits per heavy atom. The fourth-order valence-electron chi connectivity index (χ4n) is 2.22. The standard InChI is InChI=1S/C18H26N2O3/c1-13(17(22)23-18(2,3)4)12-20(5)15(11-16(19)21)14-9-7-6-8-10-14/h6-10,15H,1,11-12H2,2-5H3,(H2,19,21). The minimum Gasteiger partial charge on any atom is -0.457 e. The molecule has 1 amide bonds. The lowest BCUT2D eigenvalue weighted by Gasteiger charge is -2.28. The van der Waals surface area contributed by atoms with E-state index >= 15 is 0 Å². The molecule has 0 aliphatic heterocycles. The molecule has 1 atom stereocenters. The van der Waals surface area contributed by atoms with E-state index in [4.69, 9.17) is 10.5 Å². The van der Waals surface area contributed by atoms with Crippen LogP contribution in [0.3, 0.4) is 0 Å². The highest BCUT2D eigenvalue weighted by Gasteiger charge is 2.24. The Labute approximate surface area is 138 Å². The minimum atomic E-state index is -0.565. The van der Waals surface area contributed by atoms with Crippen molar-refractivity contribution in [3.63, 3.8) is 0 Å². The molecule has 0 aromatic heterocycles.